The van der Waals surface area contributed by atoms with E-state index in [1.807, 2.05) is 6.92 Å². The van der Waals surface area contributed by atoms with Gasteiger partial charge in [-0.1, -0.05) is 6.92 Å². The first-order valence-electron chi connectivity index (χ1n) is 5.54. The number of hydrogen-bond acceptors (Lipinski definition) is 2. The van der Waals surface area contributed by atoms with Crippen molar-refractivity contribution in [2.24, 2.45) is 0 Å². The summed E-state index contributed by atoms with van der Waals surface area (Å²) in [5.74, 6) is -1.19. The Morgan fingerprint density at radius 3 is 2.59 bits per heavy atom. The maximum Gasteiger partial charge on any atom is 0.139 e. The predicted octanol–water partition coefficient (Wildman–Crippen LogP) is 2.46. The molecule has 0 saturated heterocycles. The molecule has 0 saturated carbocycles. The molecule has 2 nitrogen and oxygen atoms in total. The molecular weight excluding hydrogens is 244 g/mol. The van der Waals surface area contributed by atoms with Crippen LogP contribution in [0.25, 0.3) is 0 Å². The average molecular weight is 261 g/mol. The largest absolute Gasteiger partial charge is 0.316 e. The highest BCUT2D eigenvalue weighted by molar-refractivity contribution is 7.85. The molecule has 0 heterocycles. The molecule has 3 atom stereocenters. The van der Waals surface area contributed by atoms with E-state index in [1.165, 1.54) is 0 Å². The van der Waals surface area contributed by atoms with Crippen molar-refractivity contribution in [3.63, 3.8) is 0 Å². The second-order valence-corrected chi connectivity index (χ2v) is 5.66. The van der Waals surface area contributed by atoms with Crippen molar-refractivity contribution in [3.05, 3.63) is 29.8 Å². The molecule has 0 aromatic heterocycles. The molecule has 0 aliphatic rings. The van der Waals surface area contributed by atoms with E-state index in [9.17, 15) is 13.0 Å². The van der Waals surface area contributed by atoms with E-state index in [0.717, 1.165) is 24.6 Å². The Kier molecular flexibility index (Phi) is 5.21. The monoisotopic (exact) mass is 261 g/mol. The molecule has 1 aromatic carbocycles. The zero-order chi connectivity index (χ0) is 13.0. The van der Waals surface area contributed by atoms with Crippen LogP contribution < -0.4 is 5.32 Å². The Balaban J connectivity index is 2.99. The first kappa shape index (κ1) is 14.3. The summed E-state index contributed by atoms with van der Waals surface area (Å²) in [6, 6.07) is 3.05. The van der Waals surface area contributed by atoms with E-state index >= 15 is 0 Å². The number of nitrogens with one attached hydrogen (secondary N) is 1. The van der Waals surface area contributed by atoms with Crippen LogP contribution in [0.2, 0.25) is 0 Å². The maximum absolute atomic E-state index is 13.5. The van der Waals surface area contributed by atoms with Crippen molar-refractivity contribution < 1.29 is 13.0 Å². The lowest BCUT2D eigenvalue weighted by atomic mass is 10.2. The smallest absolute Gasteiger partial charge is 0.139 e. The summed E-state index contributed by atoms with van der Waals surface area (Å²) in [6.45, 7) is 3.72. The SMILES string of the molecule is CCC(NC)C(C)S(=O)c1cc(F)ccc1F. The van der Waals surface area contributed by atoms with Crippen molar-refractivity contribution >= 4 is 10.8 Å². The van der Waals surface area contributed by atoms with E-state index in [4.69, 9.17) is 0 Å². The van der Waals surface area contributed by atoms with Crippen LogP contribution in [0.5, 0.6) is 0 Å². The quantitative estimate of drug-likeness (QED) is 0.882. The molecule has 0 spiro atoms. The highest BCUT2D eigenvalue weighted by Gasteiger charge is 2.23. The van der Waals surface area contributed by atoms with E-state index in [0.29, 0.717) is 0 Å². The molecule has 0 amide bonds. The van der Waals surface area contributed by atoms with Crippen molar-refractivity contribution in [3.8, 4) is 0 Å². The van der Waals surface area contributed by atoms with Crippen LogP contribution in [0.1, 0.15) is 20.3 Å². The topological polar surface area (TPSA) is 29.1 Å². The summed E-state index contributed by atoms with van der Waals surface area (Å²) < 4.78 is 38.6. The van der Waals surface area contributed by atoms with Gasteiger partial charge in [0.05, 0.1) is 20.9 Å². The van der Waals surface area contributed by atoms with Gasteiger partial charge in [0.25, 0.3) is 0 Å². The third kappa shape index (κ3) is 3.33. The van der Waals surface area contributed by atoms with Crippen molar-refractivity contribution in [2.75, 3.05) is 7.05 Å². The molecule has 0 aliphatic heterocycles. The zero-order valence-electron chi connectivity index (χ0n) is 10.2. The average Bonchev–Trinajstić information content (AvgIpc) is 2.32. The lowest BCUT2D eigenvalue weighted by Gasteiger charge is -2.21. The maximum atomic E-state index is 13.5. The van der Waals surface area contributed by atoms with E-state index in [1.54, 1.807) is 14.0 Å². The fourth-order valence-electron chi connectivity index (χ4n) is 1.75. The van der Waals surface area contributed by atoms with Gasteiger partial charge in [-0.15, -0.1) is 0 Å². The van der Waals surface area contributed by atoms with Gasteiger partial charge in [-0.2, -0.15) is 0 Å². The molecule has 5 heteroatoms. The fourth-order valence-corrected chi connectivity index (χ4v) is 3.27. The van der Waals surface area contributed by atoms with Crippen molar-refractivity contribution in [2.45, 2.75) is 36.5 Å². The van der Waals surface area contributed by atoms with Crippen LogP contribution >= 0.6 is 0 Å². The molecule has 1 rings (SSSR count). The van der Waals surface area contributed by atoms with E-state index in [2.05, 4.69) is 5.32 Å². The van der Waals surface area contributed by atoms with Gasteiger partial charge in [0.2, 0.25) is 0 Å². The predicted molar refractivity (Wildman–Crippen MR) is 65.4 cm³/mol. The zero-order valence-corrected chi connectivity index (χ0v) is 11.0. The normalized spacial score (nSPS) is 16.5. The lowest BCUT2D eigenvalue weighted by Crippen LogP contribution is -2.38. The Morgan fingerprint density at radius 1 is 1.41 bits per heavy atom. The molecular formula is C12H17F2NOS. The summed E-state index contributed by atoms with van der Waals surface area (Å²) >= 11 is 0. The molecule has 1 N–H and O–H groups in total. The van der Waals surface area contributed by atoms with Gasteiger partial charge < -0.3 is 5.32 Å². The summed E-state index contributed by atoms with van der Waals surface area (Å²) in [4.78, 5) is -0.0637. The van der Waals surface area contributed by atoms with Gasteiger partial charge in [-0.25, -0.2) is 8.78 Å². The number of hydrogen-bond donors (Lipinski definition) is 1. The summed E-state index contributed by atoms with van der Waals surface area (Å²) in [5, 5.41) is 2.75. The molecule has 0 aliphatic carbocycles. The summed E-state index contributed by atoms with van der Waals surface area (Å²) in [7, 11) is 0.210. The first-order chi connectivity index (χ1) is 8.01. The van der Waals surface area contributed by atoms with Crippen molar-refractivity contribution in [1.82, 2.24) is 5.32 Å². The Hall–Kier alpha value is -0.810. The van der Waals surface area contributed by atoms with Gasteiger partial charge in [0.15, 0.2) is 0 Å². The number of rotatable bonds is 5. The minimum atomic E-state index is -1.56. The third-order valence-electron chi connectivity index (χ3n) is 2.82. The Bertz CT molecular complexity index is 407. The highest BCUT2D eigenvalue weighted by Crippen LogP contribution is 2.19. The number of benzene rings is 1. The fraction of sp³-hybridized carbons (Fsp3) is 0.500. The first-order valence-corrected chi connectivity index (χ1v) is 6.75. The van der Waals surface area contributed by atoms with Crippen molar-refractivity contribution in [1.29, 1.82) is 0 Å². The van der Waals surface area contributed by atoms with Crippen LogP contribution in [-0.2, 0) is 10.8 Å². The lowest BCUT2D eigenvalue weighted by molar-refractivity contribution is 0.524. The van der Waals surface area contributed by atoms with Gasteiger partial charge in [0, 0.05) is 6.04 Å². The highest BCUT2D eigenvalue weighted by atomic mass is 32.2. The van der Waals surface area contributed by atoms with Gasteiger partial charge in [-0.05, 0) is 38.6 Å². The minimum absolute atomic E-state index is 0.0125. The van der Waals surface area contributed by atoms with Crippen LogP contribution in [-0.4, -0.2) is 22.5 Å². The summed E-state index contributed by atoms with van der Waals surface area (Å²) in [5.41, 5.74) is 0. The third-order valence-corrected chi connectivity index (χ3v) is 4.58. The second kappa shape index (κ2) is 6.21. The minimum Gasteiger partial charge on any atom is -0.316 e. The molecule has 1 aromatic rings. The molecule has 3 unspecified atom stereocenters. The number of halogens is 2. The van der Waals surface area contributed by atoms with E-state index < -0.39 is 22.4 Å². The molecule has 96 valence electrons. The standard InChI is InChI=1S/C12H17F2NOS/c1-4-11(15-3)8(2)17(16)12-7-9(13)5-6-10(12)14/h5-8,11,15H,4H2,1-3H3. The molecule has 17 heavy (non-hydrogen) atoms. The van der Waals surface area contributed by atoms with Gasteiger partial charge in [0.1, 0.15) is 11.6 Å². The van der Waals surface area contributed by atoms with Crippen LogP contribution in [0.4, 0.5) is 8.78 Å². The van der Waals surface area contributed by atoms with Crippen LogP contribution in [0, 0.1) is 11.6 Å². The van der Waals surface area contributed by atoms with Gasteiger partial charge in [-0.3, -0.25) is 4.21 Å². The van der Waals surface area contributed by atoms with Gasteiger partial charge >= 0.3 is 0 Å². The van der Waals surface area contributed by atoms with E-state index in [-0.39, 0.29) is 16.2 Å². The Labute approximate surface area is 103 Å². The molecule has 0 fully saturated rings. The van der Waals surface area contributed by atoms with Crippen LogP contribution in [0.15, 0.2) is 23.1 Å². The molecule has 0 bridgehead atoms. The summed E-state index contributed by atoms with van der Waals surface area (Å²) in [6.07, 6.45) is 0.778. The van der Waals surface area contributed by atoms with Crippen LogP contribution in [0.3, 0.4) is 0 Å². The Morgan fingerprint density at radius 2 is 2.06 bits per heavy atom. The molecule has 0 radical (unpaired) electrons. The second-order valence-electron chi connectivity index (χ2n) is 3.88.